The van der Waals surface area contributed by atoms with E-state index in [-0.39, 0.29) is 0 Å². The zero-order valence-electron chi connectivity index (χ0n) is 9.91. The van der Waals surface area contributed by atoms with Crippen molar-refractivity contribution in [3.8, 4) is 0 Å². The fourth-order valence-electron chi connectivity index (χ4n) is 1.60. The summed E-state index contributed by atoms with van der Waals surface area (Å²) in [4.78, 5) is 8.11. The maximum atomic E-state index is 5.54. The van der Waals surface area contributed by atoms with E-state index in [4.69, 9.17) is 5.73 Å². The first-order chi connectivity index (χ1) is 6.99. The molecule has 4 heteroatoms. The lowest BCUT2D eigenvalue weighted by Gasteiger charge is -2.17. The molecule has 1 rings (SSSR count). The average molecular weight is 208 g/mol. The average Bonchev–Trinajstić information content (AvgIpc) is 2.10. The molecule has 0 aliphatic heterocycles. The quantitative estimate of drug-likeness (QED) is 0.796. The number of hydrogen-bond donors (Lipinski definition) is 2. The third-order valence-corrected chi connectivity index (χ3v) is 2.20. The zero-order valence-corrected chi connectivity index (χ0v) is 9.91. The summed E-state index contributed by atoms with van der Waals surface area (Å²) in [6.07, 6.45) is 2.86. The van der Waals surface area contributed by atoms with Crippen molar-refractivity contribution in [3.63, 3.8) is 0 Å². The van der Waals surface area contributed by atoms with Gasteiger partial charge in [0.1, 0.15) is 5.82 Å². The third-order valence-electron chi connectivity index (χ3n) is 2.20. The van der Waals surface area contributed by atoms with Crippen molar-refractivity contribution in [1.29, 1.82) is 0 Å². The molecule has 1 atom stereocenters. The molecule has 0 saturated carbocycles. The molecule has 4 nitrogen and oxygen atoms in total. The fourth-order valence-corrected chi connectivity index (χ4v) is 1.60. The molecule has 0 aliphatic rings. The molecule has 1 aromatic rings. The molecule has 0 saturated heterocycles. The first-order valence-corrected chi connectivity index (χ1v) is 5.34. The van der Waals surface area contributed by atoms with Crippen molar-refractivity contribution in [3.05, 3.63) is 11.8 Å². The summed E-state index contributed by atoms with van der Waals surface area (Å²) in [6.45, 7) is 8.54. The number of aromatic nitrogens is 2. The minimum atomic E-state index is 0.319. The van der Waals surface area contributed by atoms with Gasteiger partial charge in [0.15, 0.2) is 0 Å². The molecule has 1 unspecified atom stereocenters. The second-order valence-corrected chi connectivity index (χ2v) is 4.43. The lowest BCUT2D eigenvalue weighted by molar-refractivity contribution is 0.538. The normalized spacial score (nSPS) is 12.9. The molecule has 0 spiro atoms. The summed E-state index contributed by atoms with van der Waals surface area (Å²) >= 11 is 0. The van der Waals surface area contributed by atoms with Crippen molar-refractivity contribution in [1.82, 2.24) is 9.97 Å². The van der Waals surface area contributed by atoms with Gasteiger partial charge in [-0.25, -0.2) is 4.98 Å². The Balaban J connectivity index is 2.67. The molecule has 1 heterocycles. The minimum Gasteiger partial charge on any atom is -0.368 e. The van der Waals surface area contributed by atoms with Crippen LogP contribution in [0, 0.1) is 12.8 Å². The molecule has 0 amide bonds. The van der Waals surface area contributed by atoms with Gasteiger partial charge >= 0.3 is 0 Å². The van der Waals surface area contributed by atoms with Gasteiger partial charge in [0.05, 0.1) is 0 Å². The lowest BCUT2D eigenvalue weighted by atomic mass is 10.1. The maximum absolute atomic E-state index is 5.54. The summed E-state index contributed by atoms with van der Waals surface area (Å²) in [6, 6.07) is 0.401. The maximum Gasteiger partial charge on any atom is 0.221 e. The Morgan fingerprint density at radius 3 is 2.67 bits per heavy atom. The second kappa shape index (κ2) is 4.96. The van der Waals surface area contributed by atoms with Crippen molar-refractivity contribution in [2.24, 2.45) is 5.92 Å². The van der Waals surface area contributed by atoms with Crippen LogP contribution in [0.4, 0.5) is 11.8 Å². The molecule has 3 N–H and O–H groups in total. The number of rotatable bonds is 4. The first kappa shape index (κ1) is 11.8. The Morgan fingerprint density at radius 1 is 1.40 bits per heavy atom. The van der Waals surface area contributed by atoms with E-state index < -0.39 is 0 Å². The molecule has 0 aromatic carbocycles. The summed E-state index contributed by atoms with van der Waals surface area (Å²) in [5, 5.41) is 3.35. The van der Waals surface area contributed by atoms with Gasteiger partial charge < -0.3 is 11.1 Å². The van der Waals surface area contributed by atoms with E-state index in [1.807, 2.05) is 6.92 Å². The molecular formula is C11H20N4. The Bertz CT molecular complexity index is 322. The van der Waals surface area contributed by atoms with Crippen molar-refractivity contribution in [2.45, 2.75) is 40.2 Å². The molecule has 0 bridgehead atoms. The number of hydrogen-bond acceptors (Lipinski definition) is 4. The molecular weight excluding hydrogens is 188 g/mol. The van der Waals surface area contributed by atoms with Crippen LogP contribution in [0.5, 0.6) is 0 Å². The van der Waals surface area contributed by atoms with E-state index in [2.05, 4.69) is 36.1 Å². The van der Waals surface area contributed by atoms with E-state index in [1.54, 1.807) is 6.20 Å². The third kappa shape index (κ3) is 3.73. The van der Waals surface area contributed by atoms with Crippen LogP contribution in [-0.4, -0.2) is 16.0 Å². The SMILES string of the molecule is Cc1cnc(N)nc1NC(C)CC(C)C. The first-order valence-electron chi connectivity index (χ1n) is 5.34. The summed E-state index contributed by atoms with van der Waals surface area (Å²) in [5.41, 5.74) is 6.57. The Morgan fingerprint density at radius 2 is 2.07 bits per heavy atom. The largest absolute Gasteiger partial charge is 0.368 e. The molecule has 0 aliphatic carbocycles. The second-order valence-electron chi connectivity index (χ2n) is 4.43. The predicted molar refractivity (Wildman–Crippen MR) is 63.7 cm³/mol. The highest BCUT2D eigenvalue weighted by atomic mass is 15.1. The Hall–Kier alpha value is -1.32. The van der Waals surface area contributed by atoms with Crippen molar-refractivity contribution < 1.29 is 0 Å². The molecule has 1 aromatic heterocycles. The van der Waals surface area contributed by atoms with E-state index >= 15 is 0 Å². The summed E-state index contributed by atoms with van der Waals surface area (Å²) in [7, 11) is 0. The predicted octanol–water partition coefficient (Wildman–Crippen LogP) is 2.21. The summed E-state index contributed by atoms with van der Waals surface area (Å²) in [5.74, 6) is 1.84. The van der Waals surface area contributed by atoms with Gasteiger partial charge in [0, 0.05) is 17.8 Å². The van der Waals surface area contributed by atoms with Crippen LogP contribution < -0.4 is 11.1 Å². The van der Waals surface area contributed by atoms with Crippen LogP contribution in [0.3, 0.4) is 0 Å². The highest BCUT2D eigenvalue weighted by molar-refractivity contribution is 5.45. The number of nitrogen functional groups attached to an aromatic ring is 1. The Labute approximate surface area is 91.3 Å². The smallest absolute Gasteiger partial charge is 0.221 e. The topological polar surface area (TPSA) is 63.8 Å². The van der Waals surface area contributed by atoms with Crippen LogP contribution in [0.15, 0.2) is 6.20 Å². The zero-order chi connectivity index (χ0) is 11.4. The molecule has 0 radical (unpaired) electrons. The van der Waals surface area contributed by atoms with Crippen LogP contribution >= 0.6 is 0 Å². The van der Waals surface area contributed by atoms with Gasteiger partial charge in [-0.05, 0) is 26.2 Å². The number of aryl methyl sites for hydroxylation is 1. The van der Waals surface area contributed by atoms with Gasteiger partial charge in [-0.2, -0.15) is 4.98 Å². The van der Waals surface area contributed by atoms with Crippen molar-refractivity contribution in [2.75, 3.05) is 11.1 Å². The Kier molecular flexibility index (Phi) is 3.88. The van der Waals surface area contributed by atoms with E-state index in [0.717, 1.165) is 17.8 Å². The number of nitrogens with one attached hydrogen (secondary N) is 1. The molecule has 0 fully saturated rings. The number of nitrogens with two attached hydrogens (primary N) is 1. The van der Waals surface area contributed by atoms with E-state index in [9.17, 15) is 0 Å². The van der Waals surface area contributed by atoms with Crippen LogP contribution in [-0.2, 0) is 0 Å². The lowest BCUT2D eigenvalue weighted by Crippen LogP contribution is -2.19. The van der Waals surface area contributed by atoms with Gasteiger partial charge in [0.2, 0.25) is 5.95 Å². The minimum absolute atomic E-state index is 0.319. The molecule has 15 heavy (non-hydrogen) atoms. The highest BCUT2D eigenvalue weighted by Crippen LogP contribution is 2.14. The number of anilines is 2. The van der Waals surface area contributed by atoms with Crippen LogP contribution in [0.2, 0.25) is 0 Å². The van der Waals surface area contributed by atoms with E-state index in [0.29, 0.717) is 17.9 Å². The van der Waals surface area contributed by atoms with Crippen LogP contribution in [0.1, 0.15) is 32.8 Å². The van der Waals surface area contributed by atoms with Gasteiger partial charge in [-0.1, -0.05) is 13.8 Å². The highest BCUT2D eigenvalue weighted by Gasteiger charge is 2.08. The molecule has 84 valence electrons. The van der Waals surface area contributed by atoms with Gasteiger partial charge in [-0.3, -0.25) is 0 Å². The fraction of sp³-hybridized carbons (Fsp3) is 0.636. The van der Waals surface area contributed by atoms with Crippen LogP contribution in [0.25, 0.3) is 0 Å². The van der Waals surface area contributed by atoms with Crippen molar-refractivity contribution >= 4 is 11.8 Å². The summed E-state index contributed by atoms with van der Waals surface area (Å²) < 4.78 is 0. The standard InChI is InChI=1S/C11H20N4/c1-7(2)5-9(4)14-10-8(3)6-13-11(12)15-10/h6-7,9H,5H2,1-4H3,(H3,12,13,14,15). The van der Waals surface area contributed by atoms with Gasteiger partial charge in [0.25, 0.3) is 0 Å². The van der Waals surface area contributed by atoms with E-state index in [1.165, 1.54) is 0 Å². The van der Waals surface area contributed by atoms with Gasteiger partial charge in [-0.15, -0.1) is 0 Å². The monoisotopic (exact) mass is 208 g/mol. The number of nitrogens with zero attached hydrogens (tertiary/aromatic N) is 2.